The van der Waals surface area contributed by atoms with E-state index in [1.54, 1.807) is 12.1 Å². The van der Waals surface area contributed by atoms with Gasteiger partial charge in [-0.25, -0.2) is 0 Å². The van der Waals surface area contributed by atoms with E-state index in [4.69, 9.17) is 11.6 Å². The van der Waals surface area contributed by atoms with Gasteiger partial charge in [0.05, 0.1) is 5.56 Å². The Morgan fingerprint density at radius 1 is 1.41 bits per heavy atom. The van der Waals surface area contributed by atoms with Crippen molar-refractivity contribution in [1.82, 2.24) is 4.90 Å². The highest BCUT2D eigenvalue weighted by molar-refractivity contribution is 9.10. The van der Waals surface area contributed by atoms with E-state index >= 15 is 0 Å². The Morgan fingerprint density at radius 2 is 2.12 bits per heavy atom. The van der Waals surface area contributed by atoms with Crippen molar-refractivity contribution in [2.75, 3.05) is 13.1 Å². The summed E-state index contributed by atoms with van der Waals surface area (Å²) in [5, 5.41) is 0.586. The average molecular weight is 319 g/mol. The number of unbranched alkanes of at least 4 members (excludes halogenated alkanes) is 1. The lowest BCUT2D eigenvalue weighted by Crippen LogP contribution is -2.32. The summed E-state index contributed by atoms with van der Waals surface area (Å²) in [5.74, 6) is 0.0373. The van der Waals surface area contributed by atoms with Crippen LogP contribution in [0.4, 0.5) is 0 Å². The lowest BCUT2D eigenvalue weighted by atomic mass is 10.2. The molecule has 0 saturated carbocycles. The molecule has 0 fully saturated rings. The Kier molecular flexibility index (Phi) is 6.00. The van der Waals surface area contributed by atoms with Crippen molar-refractivity contribution >= 4 is 33.4 Å². The van der Waals surface area contributed by atoms with E-state index in [0.717, 1.165) is 30.4 Å². The predicted molar refractivity (Wildman–Crippen MR) is 75.6 cm³/mol. The second-order valence-corrected chi connectivity index (χ2v) is 5.15. The molecule has 1 rings (SSSR count). The van der Waals surface area contributed by atoms with E-state index in [1.807, 2.05) is 17.9 Å². The first-order valence-electron chi connectivity index (χ1n) is 5.84. The number of benzene rings is 1. The fourth-order valence-electron chi connectivity index (χ4n) is 1.58. The number of nitrogens with zero attached hydrogens (tertiary/aromatic N) is 1. The summed E-state index contributed by atoms with van der Waals surface area (Å²) in [4.78, 5) is 14.1. The summed E-state index contributed by atoms with van der Waals surface area (Å²) in [7, 11) is 0. The number of amides is 1. The van der Waals surface area contributed by atoms with Crippen LogP contribution in [-0.2, 0) is 0 Å². The molecule has 0 aliphatic rings. The Bertz CT molecular complexity index is 395. The third-order valence-corrected chi connectivity index (χ3v) is 3.54. The number of rotatable bonds is 5. The summed E-state index contributed by atoms with van der Waals surface area (Å²) in [6.45, 7) is 5.63. The van der Waals surface area contributed by atoms with Crippen molar-refractivity contribution < 1.29 is 4.79 Å². The highest BCUT2D eigenvalue weighted by Gasteiger charge is 2.16. The maximum atomic E-state index is 12.3. The molecular weight excluding hydrogens is 302 g/mol. The van der Waals surface area contributed by atoms with Gasteiger partial charge >= 0.3 is 0 Å². The molecule has 1 amide bonds. The van der Waals surface area contributed by atoms with Crippen LogP contribution in [0.5, 0.6) is 0 Å². The van der Waals surface area contributed by atoms with Crippen LogP contribution in [0.15, 0.2) is 22.7 Å². The van der Waals surface area contributed by atoms with E-state index in [9.17, 15) is 4.79 Å². The molecule has 94 valence electrons. The van der Waals surface area contributed by atoms with Gasteiger partial charge in [-0.15, -0.1) is 0 Å². The van der Waals surface area contributed by atoms with Crippen LogP contribution < -0.4 is 0 Å². The average Bonchev–Trinajstić information content (AvgIpc) is 2.33. The SMILES string of the molecule is CCCCN(CC)C(=O)c1cc(Cl)ccc1Br. The van der Waals surface area contributed by atoms with Gasteiger partial charge in [0.15, 0.2) is 0 Å². The lowest BCUT2D eigenvalue weighted by Gasteiger charge is -2.21. The molecule has 0 heterocycles. The van der Waals surface area contributed by atoms with Gasteiger partial charge in [0.25, 0.3) is 5.91 Å². The second kappa shape index (κ2) is 7.02. The minimum Gasteiger partial charge on any atom is -0.339 e. The first-order valence-corrected chi connectivity index (χ1v) is 7.01. The topological polar surface area (TPSA) is 20.3 Å². The molecule has 0 saturated heterocycles. The van der Waals surface area contributed by atoms with Gasteiger partial charge < -0.3 is 4.90 Å². The Morgan fingerprint density at radius 3 is 2.71 bits per heavy atom. The van der Waals surface area contributed by atoms with Gasteiger partial charge in [-0.1, -0.05) is 24.9 Å². The van der Waals surface area contributed by atoms with Crippen LogP contribution in [0.2, 0.25) is 5.02 Å². The van der Waals surface area contributed by atoms with Crippen molar-refractivity contribution in [3.8, 4) is 0 Å². The van der Waals surface area contributed by atoms with Crippen molar-refractivity contribution in [1.29, 1.82) is 0 Å². The van der Waals surface area contributed by atoms with Crippen LogP contribution in [0.1, 0.15) is 37.0 Å². The molecule has 1 aromatic carbocycles. The minimum absolute atomic E-state index is 0.0373. The molecule has 0 aliphatic carbocycles. The normalized spacial score (nSPS) is 10.4. The Balaban J connectivity index is 2.89. The van der Waals surface area contributed by atoms with Crippen LogP contribution in [0, 0.1) is 0 Å². The monoisotopic (exact) mass is 317 g/mol. The first kappa shape index (κ1) is 14.5. The number of halogens is 2. The Labute approximate surface area is 116 Å². The summed E-state index contributed by atoms with van der Waals surface area (Å²) in [5.41, 5.74) is 0.635. The summed E-state index contributed by atoms with van der Waals surface area (Å²) < 4.78 is 0.793. The molecule has 0 atom stereocenters. The molecule has 0 spiro atoms. The number of carbonyl (C=O) groups is 1. The number of hydrogen-bond donors (Lipinski definition) is 0. The largest absolute Gasteiger partial charge is 0.339 e. The van der Waals surface area contributed by atoms with E-state index in [-0.39, 0.29) is 5.91 Å². The minimum atomic E-state index is 0.0373. The highest BCUT2D eigenvalue weighted by atomic mass is 79.9. The zero-order valence-corrected chi connectivity index (χ0v) is 12.5. The summed E-state index contributed by atoms with van der Waals surface area (Å²) >= 11 is 9.31. The smallest absolute Gasteiger partial charge is 0.255 e. The molecule has 4 heteroatoms. The van der Waals surface area contributed by atoms with Gasteiger partial charge in [0.1, 0.15) is 0 Å². The molecule has 0 radical (unpaired) electrons. The van der Waals surface area contributed by atoms with Crippen LogP contribution in [-0.4, -0.2) is 23.9 Å². The molecule has 0 N–H and O–H groups in total. The Hall–Kier alpha value is -0.540. The quantitative estimate of drug-likeness (QED) is 0.789. The molecule has 2 nitrogen and oxygen atoms in total. The molecule has 0 bridgehead atoms. The molecular formula is C13H17BrClNO. The zero-order chi connectivity index (χ0) is 12.8. The van der Waals surface area contributed by atoms with Crippen molar-refractivity contribution in [2.24, 2.45) is 0 Å². The van der Waals surface area contributed by atoms with Gasteiger partial charge in [-0.2, -0.15) is 0 Å². The highest BCUT2D eigenvalue weighted by Crippen LogP contribution is 2.22. The number of carbonyl (C=O) groups excluding carboxylic acids is 1. The van der Waals surface area contributed by atoms with Crippen LogP contribution in [0.3, 0.4) is 0 Å². The predicted octanol–water partition coefficient (Wildman–Crippen LogP) is 4.36. The van der Waals surface area contributed by atoms with E-state index in [1.165, 1.54) is 0 Å². The summed E-state index contributed by atoms with van der Waals surface area (Å²) in [6.07, 6.45) is 2.11. The standard InChI is InChI=1S/C13H17BrClNO/c1-3-5-8-16(4-2)13(17)11-9-10(15)6-7-12(11)14/h6-7,9H,3-5,8H2,1-2H3. The van der Waals surface area contributed by atoms with Gasteiger partial charge in [0, 0.05) is 22.6 Å². The molecule has 0 aromatic heterocycles. The molecule has 1 aromatic rings. The maximum Gasteiger partial charge on any atom is 0.255 e. The number of hydrogen-bond acceptors (Lipinski definition) is 1. The zero-order valence-electron chi connectivity index (χ0n) is 10.2. The third-order valence-electron chi connectivity index (χ3n) is 2.61. The third kappa shape index (κ3) is 4.00. The van der Waals surface area contributed by atoms with Crippen LogP contribution >= 0.6 is 27.5 Å². The fraction of sp³-hybridized carbons (Fsp3) is 0.462. The van der Waals surface area contributed by atoms with E-state index in [2.05, 4.69) is 22.9 Å². The van der Waals surface area contributed by atoms with Gasteiger partial charge in [-0.3, -0.25) is 4.79 Å². The van der Waals surface area contributed by atoms with Crippen molar-refractivity contribution in [3.63, 3.8) is 0 Å². The lowest BCUT2D eigenvalue weighted by molar-refractivity contribution is 0.0761. The van der Waals surface area contributed by atoms with Gasteiger partial charge in [0.2, 0.25) is 0 Å². The fourth-order valence-corrected chi connectivity index (χ4v) is 2.17. The van der Waals surface area contributed by atoms with Crippen LogP contribution in [0.25, 0.3) is 0 Å². The molecule has 0 unspecified atom stereocenters. The molecule has 17 heavy (non-hydrogen) atoms. The first-order chi connectivity index (χ1) is 8.10. The van der Waals surface area contributed by atoms with E-state index in [0.29, 0.717) is 10.6 Å². The van der Waals surface area contributed by atoms with Crippen molar-refractivity contribution in [2.45, 2.75) is 26.7 Å². The maximum absolute atomic E-state index is 12.3. The van der Waals surface area contributed by atoms with Crippen molar-refractivity contribution in [3.05, 3.63) is 33.3 Å². The van der Waals surface area contributed by atoms with E-state index < -0.39 is 0 Å². The molecule has 0 aliphatic heterocycles. The summed E-state index contributed by atoms with van der Waals surface area (Å²) in [6, 6.07) is 5.29. The second-order valence-electron chi connectivity index (χ2n) is 3.86. The van der Waals surface area contributed by atoms with Gasteiger partial charge in [-0.05, 0) is 47.5 Å².